The molecule has 4 aromatic rings. The summed E-state index contributed by atoms with van der Waals surface area (Å²) in [5, 5.41) is 18.4. The largest absolute Gasteiger partial charge is 0.478 e. The monoisotopic (exact) mass is 606 g/mol. The number of anilines is 2. The number of fused-ring (bicyclic) bond motifs is 3. The maximum Gasteiger partial charge on any atom is 0.335 e. The predicted octanol–water partition coefficient (Wildman–Crippen LogP) is 7.45. The van der Waals surface area contributed by atoms with Crippen molar-refractivity contribution in [3.63, 3.8) is 0 Å². The van der Waals surface area contributed by atoms with Crippen LogP contribution in [0, 0.1) is 18.7 Å². The van der Waals surface area contributed by atoms with Gasteiger partial charge in [-0.05, 0) is 73.2 Å². The molecule has 3 atom stereocenters. The van der Waals surface area contributed by atoms with E-state index in [-0.39, 0.29) is 29.9 Å². The summed E-state index contributed by atoms with van der Waals surface area (Å²) in [6.45, 7) is 8.72. The van der Waals surface area contributed by atoms with Crippen molar-refractivity contribution in [2.24, 2.45) is 5.92 Å². The fourth-order valence-corrected chi connectivity index (χ4v) is 6.11. The van der Waals surface area contributed by atoms with Crippen LogP contribution in [0.5, 0.6) is 5.88 Å². The normalized spacial score (nSPS) is 18.1. The van der Waals surface area contributed by atoms with E-state index in [0.29, 0.717) is 57.5 Å². The molecule has 3 aromatic carbocycles. The Balaban J connectivity index is 0.00000180. The van der Waals surface area contributed by atoms with E-state index in [0.717, 1.165) is 18.5 Å². The number of ether oxygens (including phenoxy) is 1. The molecule has 10 heteroatoms. The number of benzene rings is 3. The molecule has 8 nitrogen and oxygen atoms in total. The highest BCUT2D eigenvalue weighted by atomic mass is 35.5. The molecule has 2 N–H and O–H groups in total. The molecular weight excluding hydrogens is 571 g/mol. The third-order valence-electron chi connectivity index (χ3n) is 8.23. The summed E-state index contributed by atoms with van der Waals surface area (Å²) in [6, 6.07) is 14.9. The van der Waals surface area contributed by atoms with Crippen LogP contribution in [0.15, 0.2) is 54.6 Å². The fraction of sp³-hybridized carbons (Fsp3) is 0.364. The van der Waals surface area contributed by atoms with Crippen LogP contribution in [0.2, 0.25) is 5.02 Å². The molecule has 43 heavy (non-hydrogen) atoms. The third kappa shape index (κ3) is 5.91. The topological polar surface area (TPSA) is 96.7 Å². The van der Waals surface area contributed by atoms with E-state index in [2.05, 4.69) is 10.2 Å². The zero-order chi connectivity index (χ0) is 30.8. The van der Waals surface area contributed by atoms with Crippen molar-refractivity contribution in [3.8, 4) is 5.88 Å². The van der Waals surface area contributed by atoms with Crippen molar-refractivity contribution in [1.29, 1.82) is 0 Å². The smallest absolute Gasteiger partial charge is 0.335 e. The average molecular weight is 607 g/mol. The maximum absolute atomic E-state index is 15.6. The highest BCUT2D eigenvalue weighted by Gasteiger charge is 2.43. The van der Waals surface area contributed by atoms with Crippen LogP contribution in [-0.4, -0.2) is 46.5 Å². The minimum Gasteiger partial charge on any atom is -0.478 e. The van der Waals surface area contributed by atoms with E-state index in [9.17, 15) is 14.7 Å². The van der Waals surface area contributed by atoms with Crippen molar-refractivity contribution in [1.82, 2.24) is 9.78 Å². The molecule has 1 fully saturated rings. The standard InChI is InChI=1S/C31H30ClFN4O4.C2H6/c1-17-4-3-5-22(28(17)33)18(2)29-27(15-41-30-23-10-8-20(31(39)40)12-24(23)35-37(29)30)36(14-19-6-7-19)26-11-9-21(32)13-25(26)34-16-38;1-2/h3-5,8-13,16,18-19,27,29H,6-7,14-15H2,1-2H3,(H,34,38)(H,39,40);1-2H3/t18-,27?,29?;/m0./s1. The van der Waals surface area contributed by atoms with Gasteiger partial charge in [0, 0.05) is 17.5 Å². The Labute approximate surface area is 255 Å². The molecule has 6 rings (SSSR count). The summed E-state index contributed by atoms with van der Waals surface area (Å²) in [5.74, 6) is -0.658. The Morgan fingerprint density at radius 2 is 2.00 bits per heavy atom. The lowest BCUT2D eigenvalue weighted by Crippen LogP contribution is -2.51. The third-order valence-corrected chi connectivity index (χ3v) is 8.46. The summed E-state index contributed by atoms with van der Waals surface area (Å²) in [5.41, 5.74) is 3.10. The first-order valence-electron chi connectivity index (χ1n) is 14.7. The van der Waals surface area contributed by atoms with Crippen molar-refractivity contribution < 1.29 is 23.8 Å². The summed E-state index contributed by atoms with van der Waals surface area (Å²) in [4.78, 5) is 25.4. The Morgan fingerprint density at radius 1 is 1.23 bits per heavy atom. The van der Waals surface area contributed by atoms with Gasteiger partial charge >= 0.3 is 5.97 Å². The second-order valence-electron chi connectivity index (χ2n) is 10.9. The number of rotatable bonds is 9. The number of carbonyl (C=O) groups is 2. The van der Waals surface area contributed by atoms with Crippen LogP contribution >= 0.6 is 11.6 Å². The lowest BCUT2D eigenvalue weighted by molar-refractivity contribution is -0.105. The molecule has 1 amide bonds. The van der Waals surface area contributed by atoms with Crippen LogP contribution < -0.4 is 15.0 Å². The first-order valence-corrected chi connectivity index (χ1v) is 15.0. The molecule has 0 saturated heterocycles. The minimum atomic E-state index is -1.04. The van der Waals surface area contributed by atoms with Gasteiger partial charge < -0.3 is 20.1 Å². The van der Waals surface area contributed by atoms with Gasteiger partial charge in [0.1, 0.15) is 12.4 Å². The summed E-state index contributed by atoms with van der Waals surface area (Å²) < 4.78 is 23.8. The van der Waals surface area contributed by atoms with Gasteiger partial charge in [-0.3, -0.25) is 4.79 Å². The second-order valence-corrected chi connectivity index (χ2v) is 11.4. The van der Waals surface area contributed by atoms with E-state index in [1.807, 2.05) is 32.9 Å². The predicted molar refractivity (Wildman–Crippen MR) is 167 cm³/mol. The van der Waals surface area contributed by atoms with E-state index < -0.39 is 12.0 Å². The Hall–Kier alpha value is -4.11. The van der Waals surface area contributed by atoms with E-state index in [1.165, 1.54) is 12.1 Å². The highest BCUT2D eigenvalue weighted by Crippen LogP contribution is 2.46. The van der Waals surface area contributed by atoms with Gasteiger partial charge in [0.05, 0.1) is 39.9 Å². The van der Waals surface area contributed by atoms with Crippen LogP contribution in [0.1, 0.15) is 67.1 Å². The number of carbonyl (C=O) groups excluding carboxylic acids is 1. The van der Waals surface area contributed by atoms with Crippen LogP contribution in [0.3, 0.4) is 0 Å². The van der Waals surface area contributed by atoms with Gasteiger partial charge in [0.25, 0.3) is 0 Å². The molecule has 0 spiro atoms. The first-order chi connectivity index (χ1) is 20.8. The van der Waals surface area contributed by atoms with E-state index >= 15 is 4.39 Å². The Morgan fingerprint density at radius 3 is 2.70 bits per heavy atom. The van der Waals surface area contributed by atoms with Crippen LogP contribution in [0.25, 0.3) is 10.9 Å². The van der Waals surface area contributed by atoms with Gasteiger partial charge in [0.2, 0.25) is 12.3 Å². The van der Waals surface area contributed by atoms with Crippen molar-refractivity contribution >= 4 is 46.3 Å². The van der Waals surface area contributed by atoms with Gasteiger partial charge in [0.15, 0.2) is 0 Å². The maximum atomic E-state index is 15.6. The number of nitrogens with zero attached hydrogens (tertiary/aromatic N) is 3. The average Bonchev–Trinajstić information content (AvgIpc) is 3.75. The molecule has 0 bridgehead atoms. The molecule has 2 unspecified atom stereocenters. The lowest BCUT2D eigenvalue weighted by Gasteiger charge is -2.44. The minimum absolute atomic E-state index is 0.125. The Kier molecular flexibility index (Phi) is 8.92. The summed E-state index contributed by atoms with van der Waals surface area (Å²) >= 11 is 6.30. The number of carboxylic acids is 1. The number of aromatic carboxylic acids is 1. The lowest BCUT2D eigenvalue weighted by atomic mass is 9.86. The van der Waals surface area contributed by atoms with Crippen molar-refractivity contribution in [3.05, 3.63) is 82.1 Å². The number of hydrogen-bond acceptors (Lipinski definition) is 5. The van der Waals surface area contributed by atoms with Crippen molar-refractivity contribution in [2.45, 2.75) is 58.5 Å². The summed E-state index contributed by atoms with van der Waals surface area (Å²) in [7, 11) is 0. The number of aryl methyl sites for hydroxylation is 1. The number of carboxylic acid groups (broad SMARTS) is 1. The second kappa shape index (κ2) is 12.6. The number of halogens is 2. The van der Waals surface area contributed by atoms with Crippen molar-refractivity contribution in [2.75, 3.05) is 23.4 Å². The molecule has 2 heterocycles. The van der Waals surface area contributed by atoms with Gasteiger partial charge in [-0.2, -0.15) is 5.10 Å². The quantitative estimate of drug-likeness (QED) is 0.192. The zero-order valence-corrected chi connectivity index (χ0v) is 25.4. The number of hydrogen-bond donors (Lipinski definition) is 2. The molecule has 1 aromatic heterocycles. The number of nitrogens with one attached hydrogen (secondary N) is 1. The Bertz CT molecular complexity index is 1650. The number of aromatic nitrogens is 2. The number of amides is 1. The SMILES string of the molecule is CC.Cc1cccc([C@H](C)C2C(N(CC3CC3)c3ccc(Cl)cc3NC=O)COc3c4ccc(C(=O)O)cc4nn32)c1F. The molecule has 226 valence electrons. The molecule has 0 radical (unpaired) electrons. The fourth-order valence-electron chi connectivity index (χ4n) is 5.94. The van der Waals surface area contributed by atoms with Gasteiger partial charge in [-0.1, -0.05) is 50.6 Å². The molecule has 2 aliphatic rings. The molecule has 1 aliphatic heterocycles. The van der Waals surface area contributed by atoms with Gasteiger partial charge in [-0.15, -0.1) is 0 Å². The van der Waals surface area contributed by atoms with E-state index in [1.54, 1.807) is 41.9 Å². The zero-order valence-electron chi connectivity index (χ0n) is 24.7. The first kappa shape index (κ1) is 30.4. The van der Waals surface area contributed by atoms with Crippen LogP contribution in [-0.2, 0) is 4.79 Å². The molecule has 1 saturated carbocycles. The van der Waals surface area contributed by atoms with E-state index in [4.69, 9.17) is 21.4 Å². The molecule has 1 aliphatic carbocycles. The van der Waals surface area contributed by atoms with Crippen LogP contribution in [0.4, 0.5) is 15.8 Å². The molecular formula is C33H36ClFN4O4. The van der Waals surface area contributed by atoms with Gasteiger partial charge in [-0.25, -0.2) is 13.9 Å². The highest BCUT2D eigenvalue weighted by molar-refractivity contribution is 6.31. The summed E-state index contributed by atoms with van der Waals surface area (Å²) in [6.07, 6.45) is 2.81.